The number of aryl methyl sites for hydroxylation is 1. The van der Waals surface area contributed by atoms with Crippen LogP contribution in [0.2, 0.25) is 0 Å². The predicted molar refractivity (Wildman–Crippen MR) is 74.2 cm³/mol. The maximum atomic E-state index is 5.29. The van der Waals surface area contributed by atoms with Crippen LogP contribution in [0.5, 0.6) is 0 Å². The molecule has 1 N–H and O–H groups in total. The van der Waals surface area contributed by atoms with Gasteiger partial charge in [0.2, 0.25) is 11.7 Å². The molecule has 7 heteroatoms. The van der Waals surface area contributed by atoms with E-state index in [9.17, 15) is 0 Å². The van der Waals surface area contributed by atoms with Gasteiger partial charge >= 0.3 is 0 Å². The average molecular weight is 279 g/mol. The van der Waals surface area contributed by atoms with Gasteiger partial charge in [0.1, 0.15) is 0 Å². The van der Waals surface area contributed by atoms with Gasteiger partial charge in [0.25, 0.3) is 0 Å². The van der Waals surface area contributed by atoms with Crippen molar-refractivity contribution in [3.05, 3.63) is 18.3 Å². The van der Waals surface area contributed by atoms with E-state index in [1.54, 1.807) is 13.3 Å². The SMILES string of the molecule is CCCNC(COC)Cc1nc(-c2nccn2C)no1. The first-order valence-corrected chi connectivity index (χ1v) is 6.77. The molecule has 7 nitrogen and oxygen atoms in total. The highest BCUT2D eigenvalue weighted by molar-refractivity contribution is 5.42. The Morgan fingerprint density at radius 3 is 3.00 bits per heavy atom. The molecule has 0 radical (unpaired) electrons. The van der Waals surface area contributed by atoms with Gasteiger partial charge in [-0.2, -0.15) is 4.98 Å². The van der Waals surface area contributed by atoms with E-state index >= 15 is 0 Å². The van der Waals surface area contributed by atoms with Crippen LogP contribution in [0.1, 0.15) is 19.2 Å². The lowest BCUT2D eigenvalue weighted by molar-refractivity contribution is 0.161. The number of hydrogen-bond acceptors (Lipinski definition) is 6. The molecule has 0 aliphatic heterocycles. The number of aromatic nitrogens is 4. The Kier molecular flexibility index (Phi) is 5.25. The molecule has 1 atom stereocenters. The molecule has 0 amide bonds. The van der Waals surface area contributed by atoms with Gasteiger partial charge in [-0.1, -0.05) is 12.1 Å². The van der Waals surface area contributed by atoms with Gasteiger partial charge in [-0.05, 0) is 13.0 Å². The second kappa shape index (κ2) is 7.16. The third-order valence-electron chi connectivity index (χ3n) is 2.96. The van der Waals surface area contributed by atoms with Crippen LogP contribution in [0.3, 0.4) is 0 Å². The Labute approximate surface area is 118 Å². The smallest absolute Gasteiger partial charge is 0.238 e. The molecular weight excluding hydrogens is 258 g/mol. The highest BCUT2D eigenvalue weighted by Crippen LogP contribution is 2.13. The molecule has 0 aliphatic carbocycles. The summed E-state index contributed by atoms with van der Waals surface area (Å²) in [6.45, 7) is 3.68. The fraction of sp³-hybridized carbons (Fsp3) is 0.615. The number of imidazole rings is 1. The molecule has 0 aromatic carbocycles. The minimum absolute atomic E-state index is 0.176. The van der Waals surface area contributed by atoms with Crippen LogP contribution >= 0.6 is 0 Å². The maximum Gasteiger partial charge on any atom is 0.238 e. The quantitative estimate of drug-likeness (QED) is 0.777. The monoisotopic (exact) mass is 279 g/mol. The summed E-state index contributed by atoms with van der Waals surface area (Å²) in [6, 6.07) is 0.176. The van der Waals surface area contributed by atoms with E-state index in [-0.39, 0.29) is 6.04 Å². The van der Waals surface area contributed by atoms with Crippen molar-refractivity contribution in [2.75, 3.05) is 20.3 Å². The molecule has 2 rings (SSSR count). The summed E-state index contributed by atoms with van der Waals surface area (Å²) < 4.78 is 12.4. The molecule has 0 spiro atoms. The largest absolute Gasteiger partial charge is 0.383 e. The molecule has 2 aromatic heterocycles. The first-order valence-electron chi connectivity index (χ1n) is 6.77. The Morgan fingerprint density at radius 2 is 2.35 bits per heavy atom. The second-order valence-electron chi connectivity index (χ2n) is 4.68. The highest BCUT2D eigenvalue weighted by Gasteiger charge is 2.16. The van der Waals surface area contributed by atoms with Crippen LogP contribution in [0, 0.1) is 0 Å². The van der Waals surface area contributed by atoms with Gasteiger partial charge in [-0.25, -0.2) is 4.98 Å². The molecule has 2 aromatic rings. The van der Waals surface area contributed by atoms with E-state index in [4.69, 9.17) is 9.26 Å². The van der Waals surface area contributed by atoms with Gasteiger partial charge in [-0.15, -0.1) is 0 Å². The van der Waals surface area contributed by atoms with E-state index in [0.29, 0.717) is 30.6 Å². The van der Waals surface area contributed by atoms with Gasteiger partial charge < -0.3 is 19.1 Å². The number of nitrogens with one attached hydrogen (secondary N) is 1. The highest BCUT2D eigenvalue weighted by atomic mass is 16.5. The summed E-state index contributed by atoms with van der Waals surface area (Å²) in [5, 5.41) is 7.38. The number of ether oxygens (including phenoxy) is 1. The summed E-state index contributed by atoms with van der Waals surface area (Å²) in [4.78, 5) is 8.59. The van der Waals surface area contributed by atoms with Gasteiger partial charge in [0.05, 0.1) is 6.61 Å². The topological polar surface area (TPSA) is 78.0 Å². The molecule has 0 aliphatic rings. The zero-order chi connectivity index (χ0) is 14.4. The summed E-state index contributed by atoms with van der Waals surface area (Å²) in [5.74, 6) is 1.80. The van der Waals surface area contributed by atoms with Crippen LogP contribution in [-0.2, 0) is 18.2 Å². The Hall–Kier alpha value is -1.73. The number of rotatable bonds is 8. The van der Waals surface area contributed by atoms with Crippen molar-refractivity contribution in [3.63, 3.8) is 0 Å². The lowest BCUT2D eigenvalue weighted by Gasteiger charge is -2.15. The van der Waals surface area contributed by atoms with Crippen LogP contribution in [0.25, 0.3) is 11.6 Å². The Morgan fingerprint density at radius 1 is 1.50 bits per heavy atom. The fourth-order valence-electron chi connectivity index (χ4n) is 1.96. The van der Waals surface area contributed by atoms with Gasteiger partial charge in [0.15, 0.2) is 5.82 Å². The Bertz CT molecular complexity index is 522. The van der Waals surface area contributed by atoms with Crippen molar-refractivity contribution in [1.82, 2.24) is 25.0 Å². The van der Waals surface area contributed by atoms with Crippen molar-refractivity contribution < 1.29 is 9.26 Å². The lowest BCUT2D eigenvalue weighted by Crippen LogP contribution is -2.35. The van der Waals surface area contributed by atoms with Crippen molar-refractivity contribution >= 4 is 0 Å². The summed E-state index contributed by atoms with van der Waals surface area (Å²) >= 11 is 0. The molecule has 110 valence electrons. The molecule has 0 fully saturated rings. The van der Waals surface area contributed by atoms with E-state index in [1.165, 1.54) is 0 Å². The molecule has 0 saturated carbocycles. The minimum atomic E-state index is 0.176. The number of methoxy groups -OCH3 is 1. The molecule has 0 saturated heterocycles. The molecule has 0 bridgehead atoms. The van der Waals surface area contributed by atoms with Crippen molar-refractivity contribution in [3.8, 4) is 11.6 Å². The lowest BCUT2D eigenvalue weighted by atomic mass is 10.2. The first-order chi connectivity index (χ1) is 9.74. The number of hydrogen-bond donors (Lipinski definition) is 1. The van der Waals surface area contributed by atoms with E-state index in [1.807, 2.05) is 17.8 Å². The normalized spacial score (nSPS) is 12.8. The fourth-order valence-corrected chi connectivity index (χ4v) is 1.96. The standard InChI is InChI=1S/C13H21N5O2/c1-4-5-14-10(9-19-3)8-11-16-12(17-20-11)13-15-6-7-18(13)2/h6-7,10,14H,4-5,8-9H2,1-3H3. The number of nitrogens with zero attached hydrogens (tertiary/aromatic N) is 4. The van der Waals surface area contributed by atoms with E-state index < -0.39 is 0 Å². The molecule has 1 unspecified atom stereocenters. The van der Waals surface area contributed by atoms with Crippen LogP contribution in [0.15, 0.2) is 16.9 Å². The van der Waals surface area contributed by atoms with Gasteiger partial charge in [-0.3, -0.25) is 0 Å². The van der Waals surface area contributed by atoms with Crippen molar-refractivity contribution in [2.45, 2.75) is 25.8 Å². The van der Waals surface area contributed by atoms with E-state index in [0.717, 1.165) is 13.0 Å². The predicted octanol–water partition coefficient (Wildman–Crippen LogP) is 1.03. The summed E-state index contributed by atoms with van der Waals surface area (Å²) in [7, 11) is 3.59. The average Bonchev–Trinajstić information content (AvgIpc) is 3.05. The second-order valence-corrected chi connectivity index (χ2v) is 4.68. The molecule has 2 heterocycles. The minimum Gasteiger partial charge on any atom is -0.383 e. The van der Waals surface area contributed by atoms with Gasteiger partial charge in [0, 0.05) is 39.0 Å². The third-order valence-corrected chi connectivity index (χ3v) is 2.96. The molecular formula is C13H21N5O2. The molecule has 20 heavy (non-hydrogen) atoms. The van der Waals surface area contributed by atoms with Crippen LogP contribution < -0.4 is 5.32 Å². The zero-order valence-electron chi connectivity index (χ0n) is 12.2. The summed E-state index contributed by atoms with van der Waals surface area (Å²) in [5.41, 5.74) is 0. The van der Waals surface area contributed by atoms with Crippen molar-refractivity contribution in [1.29, 1.82) is 0 Å². The van der Waals surface area contributed by atoms with Crippen LogP contribution in [-0.4, -0.2) is 46.0 Å². The van der Waals surface area contributed by atoms with E-state index in [2.05, 4.69) is 27.4 Å². The summed E-state index contributed by atoms with van der Waals surface area (Å²) in [6.07, 6.45) is 5.28. The zero-order valence-corrected chi connectivity index (χ0v) is 12.2. The first kappa shape index (κ1) is 14.7. The van der Waals surface area contributed by atoms with Crippen LogP contribution in [0.4, 0.5) is 0 Å². The van der Waals surface area contributed by atoms with Crippen molar-refractivity contribution in [2.24, 2.45) is 7.05 Å². The third kappa shape index (κ3) is 3.64. The maximum absolute atomic E-state index is 5.29. The Balaban J connectivity index is 2.02.